The number of nitrogens with one attached hydrogen (secondary N) is 1. The third-order valence-corrected chi connectivity index (χ3v) is 6.32. The number of hydrogen-bond acceptors (Lipinski definition) is 6. The Kier molecular flexibility index (Phi) is 6.80. The Morgan fingerprint density at radius 1 is 1.12 bits per heavy atom. The Labute approximate surface area is 188 Å². The smallest absolute Gasteiger partial charge is 0.263 e. The van der Waals surface area contributed by atoms with Crippen molar-refractivity contribution in [1.29, 1.82) is 0 Å². The molecule has 0 aliphatic carbocycles. The van der Waals surface area contributed by atoms with Crippen molar-refractivity contribution in [3.8, 4) is 22.8 Å². The highest BCUT2D eigenvalue weighted by atomic mass is 32.2. The van der Waals surface area contributed by atoms with Crippen LogP contribution in [0.15, 0.2) is 53.4 Å². The number of aryl methyl sites for hydroxylation is 1. The number of hydrogen-bond donors (Lipinski definition) is 2. The van der Waals surface area contributed by atoms with Crippen LogP contribution < -0.4 is 14.2 Å². The van der Waals surface area contributed by atoms with Crippen LogP contribution >= 0.6 is 0 Å². The first kappa shape index (κ1) is 23.6. The van der Waals surface area contributed by atoms with Gasteiger partial charge in [0.2, 0.25) is 5.88 Å². The zero-order valence-corrected chi connectivity index (χ0v) is 19.7. The van der Waals surface area contributed by atoms with Crippen molar-refractivity contribution >= 4 is 15.8 Å². The molecule has 1 heterocycles. The first-order chi connectivity index (χ1) is 15.1. The van der Waals surface area contributed by atoms with Gasteiger partial charge in [-0.3, -0.25) is 4.72 Å². The van der Waals surface area contributed by atoms with Gasteiger partial charge in [-0.15, -0.1) is 5.10 Å². The Hall–Kier alpha value is -3.04. The predicted molar refractivity (Wildman–Crippen MR) is 124 cm³/mol. The number of rotatable bonds is 8. The van der Waals surface area contributed by atoms with E-state index in [1.807, 2.05) is 12.1 Å². The van der Waals surface area contributed by atoms with Crippen LogP contribution in [-0.2, 0) is 22.5 Å². The summed E-state index contributed by atoms with van der Waals surface area (Å²) in [4.78, 5) is 0.140. The minimum absolute atomic E-state index is 0.0223. The molecule has 8 nitrogen and oxygen atoms in total. The van der Waals surface area contributed by atoms with E-state index in [9.17, 15) is 13.5 Å². The van der Waals surface area contributed by atoms with E-state index in [1.165, 1.54) is 4.68 Å². The SMILES string of the molecule is COc1cccc(-c2c(OCCO)nn(C)c2NS(=O)(=O)c2ccc(C(C)(C)C)cc2)c1. The van der Waals surface area contributed by atoms with E-state index in [0.717, 1.165) is 5.56 Å². The number of methoxy groups -OCH3 is 1. The second kappa shape index (κ2) is 9.22. The summed E-state index contributed by atoms with van der Waals surface area (Å²) in [5, 5.41) is 13.5. The molecule has 9 heteroatoms. The van der Waals surface area contributed by atoms with Gasteiger partial charge in [0, 0.05) is 7.05 Å². The third kappa shape index (κ3) is 5.05. The van der Waals surface area contributed by atoms with E-state index in [4.69, 9.17) is 9.47 Å². The molecule has 3 aromatic rings. The predicted octanol–water partition coefficient (Wildman–Crippen LogP) is 3.57. The average molecular weight is 460 g/mol. The maximum absolute atomic E-state index is 13.2. The van der Waals surface area contributed by atoms with Crippen LogP contribution in [0.5, 0.6) is 11.6 Å². The molecule has 0 atom stereocenters. The van der Waals surface area contributed by atoms with Crippen LogP contribution in [0.4, 0.5) is 5.82 Å². The lowest BCUT2D eigenvalue weighted by Crippen LogP contribution is -2.17. The van der Waals surface area contributed by atoms with Gasteiger partial charge in [0.15, 0.2) is 0 Å². The van der Waals surface area contributed by atoms with Crippen LogP contribution in [0.1, 0.15) is 26.3 Å². The highest BCUT2D eigenvalue weighted by Gasteiger charge is 2.25. The summed E-state index contributed by atoms with van der Waals surface area (Å²) in [6.45, 7) is 6.03. The van der Waals surface area contributed by atoms with E-state index < -0.39 is 10.0 Å². The van der Waals surface area contributed by atoms with E-state index in [-0.39, 0.29) is 35.2 Å². The van der Waals surface area contributed by atoms with Gasteiger partial charge in [-0.05, 0) is 40.8 Å². The maximum Gasteiger partial charge on any atom is 0.263 e. The topological polar surface area (TPSA) is 103 Å². The van der Waals surface area contributed by atoms with Crippen molar-refractivity contribution in [2.24, 2.45) is 7.05 Å². The van der Waals surface area contributed by atoms with Crippen molar-refractivity contribution in [2.45, 2.75) is 31.1 Å². The number of ether oxygens (including phenoxy) is 2. The van der Waals surface area contributed by atoms with Crippen molar-refractivity contribution in [1.82, 2.24) is 9.78 Å². The van der Waals surface area contributed by atoms with Crippen LogP contribution in [0.25, 0.3) is 11.1 Å². The third-order valence-electron chi connectivity index (χ3n) is 4.97. The van der Waals surface area contributed by atoms with E-state index in [2.05, 4.69) is 30.6 Å². The minimum atomic E-state index is -3.90. The molecule has 0 bridgehead atoms. The summed E-state index contributed by atoms with van der Waals surface area (Å²) in [5.74, 6) is 1.05. The average Bonchev–Trinajstić information content (AvgIpc) is 3.06. The molecule has 172 valence electrons. The molecule has 0 amide bonds. The van der Waals surface area contributed by atoms with E-state index in [0.29, 0.717) is 16.9 Å². The minimum Gasteiger partial charge on any atom is -0.497 e. The quantitative estimate of drug-likeness (QED) is 0.534. The molecule has 0 unspecified atom stereocenters. The lowest BCUT2D eigenvalue weighted by atomic mass is 9.87. The lowest BCUT2D eigenvalue weighted by Gasteiger charge is -2.19. The fraction of sp³-hybridized carbons (Fsp3) is 0.348. The summed E-state index contributed by atoms with van der Waals surface area (Å²) in [6.07, 6.45) is 0. The number of anilines is 1. The number of aliphatic hydroxyl groups is 1. The molecular formula is C23H29N3O5S. The van der Waals surface area contributed by atoms with Crippen LogP contribution in [-0.4, -0.2) is 43.6 Å². The molecule has 32 heavy (non-hydrogen) atoms. The Balaban J connectivity index is 2.05. The summed E-state index contributed by atoms with van der Waals surface area (Å²) in [6, 6.07) is 14.0. The number of sulfonamides is 1. The summed E-state index contributed by atoms with van der Waals surface area (Å²) in [7, 11) is -0.725. The summed E-state index contributed by atoms with van der Waals surface area (Å²) >= 11 is 0. The van der Waals surface area contributed by atoms with Gasteiger partial charge in [-0.2, -0.15) is 0 Å². The molecule has 1 aromatic heterocycles. The number of aliphatic hydroxyl groups excluding tert-OH is 1. The van der Waals surface area contributed by atoms with Gasteiger partial charge in [0.05, 0.1) is 24.2 Å². The fourth-order valence-electron chi connectivity index (χ4n) is 3.22. The normalized spacial score (nSPS) is 11.9. The second-order valence-corrected chi connectivity index (χ2v) is 10.0. The maximum atomic E-state index is 13.2. The van der Waals surface area contributed by atoms with Gasteiger partial charge in [0.1, 0.15) is 18.2 Å². The molecule has 0 saturated heterocycles. The number of aromatic nitrogens is 2. The molecule has 0 saturated carbocycles. The van der Waals surface area contributed by atoms with E-state index >= 15 is 0 Å². The molecule has 2 N–H and O–H groups in total. The monoisotopic (exact) mass is 459 g/mol. The zero-order valence-electron chi connectivity index (χ0n) is 18.9. The number of benzene rings is 2. The van der Waals surface area contributed by atoms with Crippen molar-refractivity contribution < 1.29 is 23.0 Å². The molecule has 3 rings (SSSR count). The Morgan fingerprint density at radius 2 is 1.81 bits per heavy atom. The molecular weight excluding hydrogens is 430 g/mol. The first-order valence-corrected chi connectivity index (χ1v) is 11.6. The van der Waals surface area contributed by atoms with Gasteiger partial charge < -0.3 is 14.6 Å². The molecule has 0 radical (unpaired) electrons. The van der Waals surface area contributed by atoms with Gasteiger partial charge in [-0.25, -0.2) is 13.1 Å². The highest BCUT2D eigenvalue weighted by Crippen LogP contribution is 2.38. The molecule has 0 aliphatic heterocycles. The molecule has 0 aliphatic rings. The summed E-state index contributed by atoms with van der Waals surface area (Å²) < 4.78 is 41.3. The highest BCUT2D eigenvalue weighted by molar-refractivity contribution is 7.92. The van der Waals surface area contributed by atoms with Crippen LogP contribution in [0.3, 0.4) is 0 Å². The molecule has 2 aromatic carbocycles. The van der Waals surface area contributed by atoms with Crippen molar-refractivity contribution in [3.63, 3.8) is 0 Å². The first-order valence-electron chi connectivity index (χ1n) is 10.2. The molecule has 0 spiro atoms. The van der Waals surface area contributed by atoms with Crippen molar-refractivity contribution in [2.75, 3.05) is 25.0 Å². The van der Waals surface area contributed by atoms with Crippen molar-refractivity contribution in [3.05, 3.63) is 54.1 Å². The van der Waals surface area contributed by atoms with Crippen LogP contribution in [0, 0.1) is 0 Å². The Bertz CT molecular complexity index is 1180. The second-order valence-electron chi connectivity index (χ2n) is 8.34. The van der Waals surface area contributed by atoms with E-state index in [1.54, 1.807) is 50.6 Å². The van der Waals surface area contributed by atoms with Gasteiger partial charge in [0.25, 0.3) is 10.0 Å². The fourth-order valence-corrected chi connectivity index (χ4v) is 4.32. The standard InChI is InChI=1S/C23H29N3O5S/c1-23(2,3)17-9-11-19(12-10-17)32(28,29)25-21-20(16-7-6-8-18(15-16)30-5)22(24-26(21)4)31-14-13-27/h6-12,15,25,27H,13-14H2,1-5H3. The Morgan fingerprint density at radius 3 is 2.41 bits per heavy atom. The summed E-state index contributed by atoms with van der Waals surface area (Å²) in [5.41, 5.74) is 2.06. The van der Waals surface area contributed by atoms with Gasteiger partial charge in [-0.1, -0.05) is 45.0 Å². The van der Waals surface area contributed by atoms with Crippen LogP contribution in [0.2, 0.25) is 0 Å². The molecule has 0 fully saturated rings. The van der Waals surface area contributed by atoms with Gasteiger partial charge >= 0.3 is 0 Å². The lowest BCUT2D eigenvalue weighted by molar-refractivity contribution is 0.196. The zero-order chi connectivity index (χ0) is 23.5. The largest absolute Gasteiger partial charge is 0.497 e. The number of nitrogens with zero attached hydrogens (tertiary/aromatic N) is 2.